The zero-order chi connectivity index (χ0) is 14.9. The monoisotopic (exact) mass is 272 g/mol. The Balaban J connectivity index is 2.41. The molecule has 2 rings (SSSR count). The Morgan fingerprint density at radius 1 is 1.30 bits per heavy atom. The van der Waals surface area contributed by atoms with Crippen LogP contribution in [-0.2, 0) is 0 Å². The molecular formula is C17H24N2O. The second-order valence-corrected chi connectivity index (χ2v) is 5.73. The molecule has 1 heterocycles. The van der Waals surface area contributed by atoms with Gasteiger partial charge < -0.3 is 9.88 Å². The number of carbonyl (C=O) groups excluding carboxylic acids is 1. The number of amides is 1. The predicted octanol–water partition coefficient (Wildman–Crippen LogP) is 4.05. The average Bonchev–Trinajstić information content (AvgIpc) is 2.70. The van der Waals surface area contributed by atoms with Crippen molar-refractivity contribution >= 4 is 16.8 Å². The molecule has 0 spiro atoms. The molecule has 3 heteroatoms. The van der Waals surface area contributed by atoms with E-state index in [1.807, 2.05) is 23.1 Å². The largest absolute Gasteiger partial charge is 0.358 e. The van der Waals surface area contributed by atoms with Crippen LogP contribution in [-0.4, -0.2) is 28.4 Å². The average molecular weight is 272 g/mol. The number of fused-ring (bicyclic) bond motifs is 1. The van der Waals surface area contributed by atoms with Crippen molar-refractivity contribution in [3.8, 4) is 0 Å². The fourth-order valence-corrected chi connectivity index (χ4v) is 2.60. The maximum absolute atomic E-state index is 12.7. The van der Waals surface area contributed by atoms with Gasteiger partial charge >= 0.3 is 0 Å². The number of H-pyrrole nitrogens is 1. The van der Waals surface area contributed by atoms with Gasteiger partial charge in [-0.1, -0.05) is 6.92 Å². The Hall–Kier alpha value is -1.77. The van der Waals surface area contributed by atoms with Gasteiger partial charge in [0.1, 0.15) is 0 Å². The third-order valence-electron chi connectivity index (χ3n) is 3.90. The summed E-state index contributed by atoms with van der Waals surface area (Å²) in [6.45, 7) is 11.2. The molecule has 1 amide bonds. The minimum atomic E-state index is 0.127. The van der Waals surface area contributed by atoms with E-state index in [4.69, 9.17) is 0 Å². The summed E-state index contributed by atoms with van der Waals surface area (Å²) in [4.78, 5) is 17.9. The lowest BCUT2D eigenvalue weighted by Crippen LogP contribution is -2.37. The van der Waals surface area contributed by atoms with Gasteiger partial charge in [-0.25, -0.2) is 0 Å². The van der Waals surface area contributed by atoms with E-state index in [2.05, 4.69) is 39.6 Å². The molecule has 3 nitrogen and oxygen atoms in total. The lowest BCUT2D eigenvalue weighted by atomic mass is 10.1. The number of aryl methyl sites for hydroxylation is 2. The molecule has 0 bridgehead atoms. The number of benzene rings is 1. The van der Waals surface area contributed by atoms with Crippen molar-refractivity contribution in [3.05, 3.63) is 35.0 Å². The SMILES string of the molecule is CCCN(C(=O)c1ccc2[nH]c(C)c(C)c2c1)C(C)C. The van der Waals surface area contributed by atoms with E-state index in [0.717, 1.165) is 29.4 Å². The van der Waals surface area contributed by atoms with Gasteiger partial charge in [0.05, 0.1) is 0 Å². The molecule has 0 atom stereocenters. The quantitative estimate of drug-likeness (QED) is 0.895. The van der Waals surface area contributed by atoms with E-state index in [9.17, 15) is 4.79 Å². The third-order valence-corrected chi connectivity index (χ3v) is 3.90. The summed E-state index contributed by atoms with van der Waals surface area (Å²) in [6, 6.07) is 6.17. The summed E-state index contributed by atoms with van der Waals surface area (Å²) in [5.41, 5.74) is 4.27. The molecule has 1 N–H and O–H groups in total. The topological polar surface area (TPSA) is 36.1 Å². The number of hydrogen-bond donors (Lipinski definition) is 1. The summed E-state index contributed by atoms with van der Waals surface area (Å²) in [5, 5.41) is 1.15. The zero-order valence-electron chi connectivity index (χ0n) is 13.1. The van der Waals surface area contributed by atoms with Gasteiger partial charge in [0.25, 0.3) is 5.91 Å². The molecule has 0 saturated heterocycles. The highest BCUT2D eigenvalue weighted by Gasteiger charge is 2.18. The van der Waals surface area contributed by atoms with Gasteiger partial charge in [0, 0.05) is 34.7 Å². The molecule has 0 aliphatic heterocycles. The lowest BCUT2D eigenvalue weighted by molar-refractivity contribution is 0.0706. The fraction of sp³-hybridized carbons (Fsp3) is 0.471. The van der Waals surface area contributed by atoms with Crippen molar-refractivity contribution in [2.45, 2.75) is 47.1 Å². The van der Waals surface area contributed by atoms with E-state index >= 15 is 0 Å². The lowest BCUT2D eigenvalue weighted by Gasteiger charge is -2.26. The van der Waals surface area contributed by atoms with Crippen molar-refractivity contribution in [2.24, 2.45) is 0 Å². The first kappa shape index (κ1) is 14.6. The molecular weight excluding hydrogens is 248 g/mol. The van der Waals surface area contributed by atoms with E-state index in [1.165, 1.54) is 11.3 Å². The fourth-order valence-electron chi connectivity index (χ4n) is 2.60. The smallest absolute Gasteiger partial charge is 0.254 e. The molecule has 0 saturated carbocycles. The van der Waals surface area contributed by atoms with Crippen LogP contribution in [0.25, 0.3) is 10.9 Å². The first-order chi connectivity index (χ1) is 9.45. The van der Waals surface area contributed by atoms with Crippen molar-refractivity contribution in [1.82, 2.24) is 9.88 Å². The maximum Gasteiger partial charge on any atom is 0.254 e. The standard InChI is InChI=1S/C17H24N2O/c1-6-9-19(11(2)3)17(20)14-7-8-16-15(10-14)12(4)13(5)18-16/h7-8,10-11,18H,6,9H2,1-5H3. The molecule has 0 aliphatic carbocycles. The van der Waals surface area contributed by atoms with Crippen LogP contribution in [0.1, 0.15) is 48.8 Å². The van der Waals surface area contributed by atoms with Crippen LogP contribution in [0, 0.1) is 13.8 Å². The molecule has 2 aromatic rings. The molecule has 0 unspecified atom stereocenters. The molecule has 20 heavy (non-hydrogen) atoms. The summed E-state index contributed by atoms with van der Waals surface area (Å²) < 4.78 is 0. The highest BCUT2D eigenvalue weighted by Crippen LogP contribution is 2.23. The first-order valence-electron chi connectivity index (χ1n) is 7.35. The minimum Gasteiger partial charge on any atom is -0.358 e. The van der Waals surface area contributed by atoms with Crippen molar-refractivity contribution in [1.29, 1.82) is 0 Å². The zero-order valence-corrected chi connectivity index (χ0v) is 13.1. The van der Waals surface area contributed by atoms with Crippen LogP contribution in [0.2, 0.25) is 0 Å². The molecule has 1 aromatic carbocycles. The Bertz CT molecular complexity index is 625. The van der Waals surface area contributed by atoms with Crippen molar-refractivity contribution in [3.63, 3.8) is 0 Å². The Kier molecular flexibility index (Phi) is 4.17. The minimum absolute atomic E-state index is 0.127. The molecule has 0 fully saturated rings. The van der Waals surface area contributed by atoms with Gasteiger partial charge in [-0.15, -0.1) is 0 Å². The summed E-state index contributed by atoms with van der Waals surface area (Å²) >= 11 is 0. The van der Waals surface area contributed by atoms with Crippen LogP contribution in [0.5, 0.6) is 0 Å². The third kappa shape index (κ3) is 2.58. The van der Waals surface area contributed by atoms with Gasteiger partial charge in [0.2, 0.25) is 0 Å². The second-order valence-electron chi connectivity index (χ2n) is 5.73. The van der Waals surface area contributed by atoms with Crippen LogP contribution in [0.4, 0.5) is 0 Å². The maximum atomic E-state index is 12.7. The highest BCUT2D eigenvalue weighted by molar-refractivity contribution is 5.99. The van der Waals surface area contributed by atoms with Crippen molar-refractivity contribution < 1.29 is 4.79 Å². The molecule has 0 aliphatic rings. The summed E-state index contributed by atoms with van der Waals surface area (Å²) in [6.07, 6.45) is 0.981. The molecule has 1 aromatic heterocycles. The summed E-state index contributed by atoms with van der Waals surface area (Å²) in [5.74, 6) is 0.127. The van der Waals surface area contributed by atoms with Crippen LogP contribution in [0.3, 0.4) is 0 Å². The number of aromatic amines is 1. The van der Waals surface area contributed by atoms with Crippen LogP contribution in [0.15, 0.2) is 18.2 Å². The van der Waals surface area contributed by atoms with Crippen molar-refractivity contribution in [2.75, 3.05) is 6.54 Å². The van der Waals surface area contributed by atoms with Gasteiger partial charge in [-0.2, -0.15) is 0 Å². The number of carbonyl (C=O) groups is 1. The Morgan fingerprint density at radius 3 is 2.60 bits per heavy atom. The normalized spacial score (nSPS) is 11.3. The second kappa shape index (κ2) is 5.70. The van der Waals surface area contributed by atoms with Gasteiger partial charge in [0.15, 0.2) is 0 Å². The molecule has 108 valence electrons. The van der Waals surface area contributed by atoms with E-state index in [0.29, 0.717) is 0 Å². The van der Waals surface area contributed by atoms with E-state index < -0.39 is 0 Å². The van der Waals surface area contributed by atoms with Crippen LogP contribution < -0.4 is 0 Å². The predicted molar refractivity (Wildman–Crippen MR) is 84.2 cm³/mol. The first-order valence-corrected chi connectivity index (χ1v) is 7.35. The molecule has 0 radical (unpaired) electrons. The Morgan fingerprint density at radius 2 is 2.00 bits per heavy atom. The number of aromatic nitrogens is 1. The number of nitrogens with zero attached hydrogens (tertiary/aromatic N) is 1. The summed E-state index contributed by atoms with van der Waals surface area (Å²) in [7, 11) is 0. The van der Waals surface area contributed by atoms with Crippen LogP contribution >= 0.6 is 0 Å². The number of nitrogens with one attached hydrogen (secondary N) is 1. The highest BCUT2D eigenvalue weighted by atomic mass is 16.2. The number of rotatable bonds is 4. The van der Waals surface area contributed by atoms with E-state index in [-0.39, 0.29) is 11.9 Å². The van der Waals surface area contributed by atoms with Gasteiger partial charge in [-0.3, -0.25) is 4.79 Å². The Labute approximate surface area is 121 Å². The van der Waals surface area contributed by atoms with Gasteiger partial charge in [-0.05, 0) is 57.9 Å². The van der Waals surface area contributed by atoms with E-state index in [1.54, 1.807) is 0 Å². The number of hydrogen-bond acceptors (Lipinski definition) is 1.